The number of nitrogens with one attached hydrogen (secondary N) is 1. The van der Waals surface area contributed by atoms with Crippen molar-refractivity contribution < 1.29 is 29.0 Å². The Morgan fingerprint density at radius 2 is 1.93 bits per heavy atom. The standard InChI is InChI=1S/C20H15ClN2O6S/c1-28-15-4-2-3-11(17(15)29-10-16(24)25)9-14-18(26)22-20(30)23(19(14)27)13-7-5-12(21)6-8-13/h2-9H,10H2,1H3,(H,24,25)(H,22,26,30)/b14-9-. The van der Waals surface area contributed by atoms with E-state index in [0.717, 1.165) is 4.90 Å². The molecule has 10 heteroatoms. The summed E-state index contributed by atoms with van der Waals surface area (Å²) < 4.78 is 10.5. The summed E-state index contributed by atoms with van der Waals surface area (Å²) in [7, 11) is 1.39. The maximum atomic E-state index is 13.1. The molecule has 0 saturated carbocycles. The number of halogens is 1. The average Bonchev–Trinajstić information content (AvgIpc) is 2.70. The normalized spacial score (nSPS) is 15.2. The van der Waals surface area contributed by atoms with Gasteiger partial charge in [-0.05, 0) is 48.6 Å². The lowest BCUT2D eigenvalue weighted by Gasteiger charge is -2.29. The van der Waals surface area contributed by atoms with Gasteiger partial charge in [0, 0.05) is 10.6 Å². The highest BCUT2D eigenvalue weighted by atomic mass is 35.5. The number of anilines is 1. The lowest BCUT2D eigenvalue weighted by atomic mass is 10.1. The van der Waals surface area contributed by atoms with Crippen LogP contribution in [0.25, 0.3) is 6.08 Å². The number of amides is 2. The van der Waals surface area contributed by atoms with Crippen molar-refractivity contribution in [1.29, 1.82) is 0 Å². The number of benzene rings is 2. The van der Waals surface area contributed by atoms with Crippen molar-refractivity contribution in [1.82, 2.24) is 5.32 Å². The van der Waals surface area contributed by atoms with Gasteiger partial charge >= 0.3 is 5.97 Å². The van der Waals surface area contributed by atoms with Crippen molar-refractivity contribution >= 4 is 58.5 Å². The molecule has 3 rings (SSSR count). The summed E-state index contributed by atoms with van der Waals surface area (Å²) in [6.07, 6.45) is 1.29. The highest BCUT2D eigenvalue weighted by molar-refractivity contribution is 7.80. The Hall–Kier alpha value is -3.43. The first-order valence-electron chi connectivity index (χ1n) is 8.50. The number of para-hydroxylation sites is 1. The van der Waals surface area contributed by atoms with E-state index in [-0.39, 0.29) is 27.7 Å². The van der Waals surface area contributed by atoms with Crippen LogP contribution < -0.4 is 19.7 Å². The lowest BCUT2D eigenvalue weighted by Crippen LogP contribution is -2.54. The van der Waals surface area contributed by atoms with Gasteiger partial charge in [0.25, 0.3) is 11.8 Å². The molecule has 1 saturated heterocycles. The number of hydrogen-bond donors (Lipinski definition) is 2. The average molecular weight is 447 g/mol. The Bertz CT molecular complexity index is 1070. The van der Waals surface area contributed by atoms with E-state index in [9.17, 15) is 14.4 Å². The van der Waals surface area contributed by atoms with Gasteiger partial charge in [-0.25, -0.2) is 4.79 Å². The Labute approximate surface area is 181 Å². The Morgan fingerprint density at radius 3 is 2.57 bits per heavy atom. The van der Waals surface area contributed by atoms with E-state index >= 15 is 0 Å². The third kappa shape index (κ3) is 4.42. The molecule has 30 heavy (non-hydrogen) atoms. The highest BCUT2D eigenvalue weighted by Crippen LogP contribution is 2.33. The Balaban J connectivity index is 2.04. The summed E-state index contributed by atoms with van der Waals surface area (Å²) in [6, 6.07) is 11.1. The number of rotatable bonds is 6. The van der Waals surface area contributed by atoms with Crippen LogP contribution in [0.2, 0.25) is 5.02 Å². The molecular formula is C20H15ClN2O6S. The van der Waals surface area contributed by atoms with Crippen LogP contribution in [0.4, 0.5) is 5.69 Å². The maximum Gasteiger partial charge on any atom is 0.341 e. The van der Waals surface area contributed by atoms with Crippen molar-refractivity contribution in [2.24, 2.45) is 0 Å². The zero-order chi connectivity index (χ0) is 21.8. The Kier molecular flexibility index (Phi) is 6.34. The van der Waals surface area contributed by atoms with E-state index in [4.69, 9.17) is 38.4 Å². The van der Waals surface area contributed by atoms with Crippen molar-refractivity contribution in [3.63, 3.8) is 0 Å². The van der Waals surface area contributed by atoms with Crippen LogP contribution >= 0.6 is 23.8 Å². The molecule has 0 spiro atoms. The smallest absolute Gasteiger partial charge is 0.341 e. The van der Waals surface area contributed by atoms with Crippen LogP contribution in [0.1, 0.15) is 5.56 Å². The fraction of sp³-hybridized carbons (Fsp3) is 0.100. The fourth-order valence-corrected chi connectivity index (χ4v) is 3.14. The van der Waals surface area contributed by atoms with Crippen molar-refractivity contribution in [3.05, 3.63) is 58.6 Å². The van der Waals surface area contributed by atoms with Gasteiger partial charge < -0.3 is 14.6 Å². The molecule has 0 radical (unpaired) electrons. The number of ether oxygens (including phenoxy) is 2. The predicted molar refractivity (Wildman–Crippen MR) is 114 cm³/mol. The number of hydrogen-bond acceptors (Lipinski definition) is 6. The molecule has 0 atom stereocenters. The van der Waals surface area contributed by atoms with Crippen LogP contribution in [0.15, 0.2) is 48.0 Å². The third-order valence-electron chi connectivity index (χ3n) is 4.06. The molecule has 2 aromatic rings. The molecule has 1 fully saturated rings. The van der Waals surface area contributed by atoms with Crippen molar-refractivity contribution in [3.8, 4) is 11.5 Å². The zero-order valence-corrected chi connectivity index (χ0v) is 17.1. The summed E-state index contributed by atoms with van der Waals surface area (Å²) in [4.78, 5) is 37.6. The van der Waals surface area contributed by atoms with Gasteiger partial charge in [-0.1, -0.05) is 23.7 Å². The Morgan fingerprint density at radius 1 is 1.23 bits per heavy atom. The van der Waals surface area contributed by atoms with E-state index < -0.39 is 24.4 Å². The highest BCUT2D eigenvalue weighted by Gasteiger charge is 2.34. The largest absolute Gasteiger partial charge is 0.493 e. The van der Waals surface area contributed by atoms with E-state index in [1.807, 2.05) is 0 Å². The molecule has 154 valence electrons. The number of methoxy groups -OCH3 is 1. The third-order valence-corrected chi connectivity index (χ3v) is 4.59. The minimum absolute atomic E-state index is 0.0718. The molecule has 0 bridgehead atoms. The quantitative estimate of drug-likeness (QED) is 0.399. The van der Waals surface area contributed by atoms with E-state index in [2.05, 4.69) is 5.32 Å². The lowest BCUT2D eigenvalue weighted by molar-refractivity contribution is -0.139. The number of carboxylic acid groups (broad SMARTS) is 1. The van der Waals surface area contributed by atoms with E-state index in [1.165, 1.54) is 13.2 Å². The summed E-state index contributed by atoms with van der Waals surface area (Å²) in [6.45, 7) is -0.627. The predicted octanol–water partition coefficient (Wildman–Crippen LogP) is 2.64. The minimum atomic E-state index is -1.19. The van der Waals surface area contributed by atoms with Crippen LogP contribution in [0.3, 0.4) is 0 Å². The molecule has 2 aromatic carbocycles. The van der Waals surface area contributed by atoms with Crippen LogP contribution in [0.5, 0.6) is 11.5 Å². The molecule has 0 unspecified atom stereocenters. The topological polar surface area (TPSA) is 105 Å². The summed E-state index contributed by atoms with van der Waals surface area (Å²) in [5, 5.41) is 11.8. The summed E-state index contributed by atoms with van der Waals surface area (Å²) >= 11 is 11.0. The summed E-state index contributed by atoms with van der Waals surface area (Å²) in [5.41, 5.74) is 0.498. The number of carboxylic acids is 1. The molecule has 1 aliphatic rings. The van der Waals surface area contributed by atoms with Crippen molar-refractivity contribution in [2.45, 2.75) is 0 Å². The number of carbonyl (C=O) groups is 3. The van der Waals surface area contributed by atoms with Gasteiger partial charge in [0.2, 0.25) is 0 Å². The van der Waals surface area contributed by atoms with Gasteiger partial charge in [0.1, 0.15) is 5.57 Å². The van der Waals surface area contributed by atoms with Gasteiger partial charge in [-0.2, -0.15) is 0 Å². The maximum absolute atomic E-state index is 13.1. The second-order valence-corrected chi connectivity index (χ2v) is 6.82. The molecule has 2 amide bonds. The second kappa shape index (κ2) is 8.93. The SMILES string of the molecule is COc1cccc(/C=C2/C(=O)NC(=S)N(c3ccc(Cl)cc3)C2=O)c1OCC(=O)O. The first kappa shape index (κ1) is 21.3. The van der Waals surface area contributed by atoms with Gasteiger partial charge in [-0.3, -0.25) is 19.8 Å². The van der Waals surface area contributed by atoms with Crippen LogP contribution in [-0.4, -0.2) is 41.7 Å². The number of aliphatic carboxylic acids is 1. The molecule has 1 heterocycles. The van der Waals surface area contributed by atoms with Crippen LogP contribution in [0, 0.1) is 0 Å². The van der Waals surface area contributed by atoms with Gasteiger partial charge in [0.05, 0.1) is 12.8 Å². The molecule has 2 N–H and O–H groups in total. The van der Waals surface area contributed by atoms with E-state index in [1.54, 1.807) is 42.5 Å². The monoisotopic (exact) mass is 446 g/mol. The number of carbonyl (C=O) groups excluding carboxylic acids is 2. The number of thiocarbonyl (C=S) groups is 1. The summed E-state index contributed by atoms with van der Waals surface area (Å²) in [5.74, 6) is -2.20. The molecule has 0 aromatic heterocycles. The van der Waals surface area contributed by atoms with E-state index in [0.29, 0.717) is 10.7 Å². The zero-order valence-electron chi connectivity index (χ0n) is 15.5. The molecule has 8 nitrogen and oxygen atoms in total. The van der Waals surface area contributed by atoms with Crippen molar-refractivity contribution in [2.75, 3.05) is 18.6 Å². The first-order chi connectivity index (χ1) is 14.3. The molecule has 0 aliphatic carbocycles. The van der Waals surface area contributed by atoms with Gasteiger partial charge in [0.15, 0.2) is 23.2 Å². The minimum Gasteiger partial charge on any atom is -0.493 e. The fourth-order valence-electron chi connectivity index (χ4n) is 2.73. The van der Waals surface area contributed by atoms with Crippen LogP contribution in [-0.2, 0) is 14.4 Å². The molecular weight excluding hydrogens is 432 g/mol. The first-order valence-corrected chi connectivity index (χ1v) is 9.29. The second-order valence-electron chi connectivity index (χ2n) is 6.00. The number of nitrogens with zero attached hydrogens (tertiary/aromatic N) is 1. The van der Waals surface area contributed by atoms with Gasteiger partial charge in [-0.15, -0.1) is 0 Å². The molecule has 1 aliphatic heterocycles.